The Hall–Kier alpha value is -1.92. The van der Waals surface area contributed by atoms with Crippen LogP contribution in [-0.4, -0.2) is 48.6 Å². The van der Waals surface area contributed by atoms with Gasteiger partial charge in [-0.2, -0.15) is 0 Å². The molecular weight excluding hydrogens is 576 g/mol. The molecule has 0 radical (unpaired) electrons. The van der Waals surface area contributed by atoms with Crippen LogP contribution in [0, 0.1) is 5.92 Å². The van der Waals surface area contributed by atoms with Gasteiger partial charge >= 0.3 is 11.9 Å². The zero-order valence-electron chi connectivity index (χ0n) is 29.9. The number of esters is 2. The molecule has 0 aromatic carbocycles. The van der Waals surface area contributed by atoms with E-state index in [0.29, 0.717) is 19.3 Å². The highest BCUT2D eigenvalue weighted by Crippen LogP contribution is 2.30. The number of unbranched alkanes of at least 4 members (excludes halogenated alkanes) is 13. The number of ether oxygens (including phenoxy) is 3. The molecular formula is C40H70O6. The molecule has 0 amide bonds. The molecule has 266 valence electrons. The van der Waals surface area contributed by atoms with Crippen LogP contribution in [-0.2, 0) is 23.8 Å². The first kappa shape index (κ1) is 42.1. The van der Waals surface area contributed by atoms with E-state index in [1.54, 1.807) is 0 Å². The molecule has 1 aliphatic heterocycles. The number of allylic oxidation sites excluding steroid dienone is 5. The van der Waals surface area contributed by atoms with Gasteiger partial charge in [0.05, 0.1) is 12.2 Å². The summed E-state index contributed by atoms with van der Waals surface area (Å²) >= 11 is 0. The van der Waals surface area contributed by atoms with Crippen LogP contribution in [0.3, 0.4) is 0 Å². The number of hydrogen-bond donors (Lipinski definition) is 1. The van der Waals surface area contributed by atoms with E-state index in [4.69, 9.17) is 14.2 Å². The number of carbonyl (C=O) groups is 2. The van der Waals surface area contributed by atoms with Crippen molar-refractivity contribution in [3.8, 4) is 0 Å². The maximum atomic E-state index is 12.0. The van der Waals surface area contributed by atoms with Crippen molar-refractivity contribution in [3.63, 3.8) is 0 Å². The van der Waals surface area contributed by atoms with Crippen molar-refractivity contribution in [1.29, 1.82) is 0 Å². The lowest BCUT2D eigenvalue weighted by Gasteiger charge is -2.12. The molecule has 0 bridgehead atoms. The minimum atomic E-state index is -0.993. The standard InChI is InChI=1S/C40H70O6/c1-4-5-6-7-8-9-10-13-16-19-22-25-29-37-38(46-37)30-27-32-40(43)45-34-36(41)33-44-39(42)31-26-23-20-17-14-11-12-15-18-21-24-28-35(2)3/h8-9,13,16,22,25,35-38,41H,4-7,10-12,14-15,17-21,23-24,26-34H2,1-3H3/b9-8-,16-13-,25-22-/t36-,37?,38?/m0/s1. The van der Waals surface area contributed by atoms with Gasteiger partial charge in [0, 0.05) is 12.8 Å². The van der Waals surface area contributed by atoms with Crippen molar-refractivity contribution < 1.29 is 28.9 Å². The number of epoxide rings is 1. The zero-order valence-corrected chi connectivity index (χ0v) is 29.9. The summed E-state index contributed by atoms with van der Waals surface area (Å²) in [6, 6.07) is 0. The zero-order chi connectivity index (χ0) is 33.5. The van der Waals surface area contributed by atoms with Crippen LogP contribution < -0.4 is 0 Å². The predicted octanol–water partition coefficient (Wildman–Crippen LogP) is 10.5. The van der Waals surface area contributed by atoms with Crippen LogP contribution in [0.1, 0.15) is 168 Å². The van der Waals surface area contributed by atoms with E-state index < -0.39 is 6.10 Å². The fourth-order valence-corrected chi connectivity index (χ4v) is 5.47. The summed E-state index contributed by atoms with van der Waals surface area (Å²) in [5.74, 6) is 0.192. The van der Waals surface area contributed by atoms with Crippen molar-refractivity contribution in [3.05, 3.63) is 36.5 Å². The van der Waals surface area contributed by atoms with Gasteiger partial charge in [0.25, 0.3) is 0 Å². The van der Waals surface area contributed by atoms with Crippen molar-refractivity contribution >= 4 is 11.9 Å². The molecule has 1 N–H and O–H groups in total. The van der Waals surface area contributed by atoms with Crippen LogP contribution in [0.25, 0.3) is 0 Å². The van der Waals surface area contributed by atoms with Crippen LogP contribution in [0.4, 0.5) is 0 Å². The maximum Gasteiger partial charge on any atom is 0.305 e. The Morgan fingerprint density at radius 2 is 1.17 bits per heavy atom. The topological polar surface area (TPSA) is 85.4 Å². The van der Waals surface area contributed by atoms with E-state index in [0.717, 1.165) is 50.9 Å². The number of carbonyl (C=O) groups excluding carboxylic acids is 2. The molecule has 1 saturated heterocycles. The van der Waals surface area contributed by atoms with Crippen LogP contribution in [0.2, 0.25) is 0 Å². The molecule has 46 heavy (non-hydrogen) atoms. The Labute approximate surface area is 282 Å². The van der Waals surface area contributed by atoms with Crippen LogP contribution >= 0.6 is 0 Å². The molecule has 0 aromatic heterocycles. The number of hydrogen-bond acceptors (Lipinski definition) is 6. The highest BCUT2D eigenvalue weighted by Gasteiger charge is 2.36. The van der Waals surface area contributed by atoms with Gasteiger partial charge in [0.15, 0.2) is 0 Å². The fraction of sp³-hybridized carbons (Fsp3) is 0.800. The highest BCUT2D eigenvalue weighted by molar-refractivity contribution is 5.69. The van der Waals surface area contributed by atoms with Gasteiger partial charge in [0.1, 0.15) is 19.3 Å². The van der Waals surface area contributed by atoms with E-state index in [-0.39, 0.29) is 37.4 Å². The van der Waals surface area contributed by atoms with Gasteiger partial charge < -0.3 is 19.3 Å². The Morgan fingerprint density at radius 3 is 1.76 bits per heavy atom. The molecule has 0 aromatic rings. The molecule has 1 rings (SSSR count). The molecule has 0 aliphatic carbocycles. The lowest BCUT2D eigenvalue weighted by Crippen LogP contribution is -2.25. The van der Waals surface area contributed by atoms with Gasteiger partial charge in [0.2, 0.25) is 0 Å². The molecule has 3 atom stereocenters. The monoisotopic (exact) mass is 647 g/mol. The summed E-state index contributed by atoms with van der Waals surface area (Å²) in [6.07, 6.45) is 37.9. The molecule has 1 fully saturated rings. The second kappa shape index (κ2) is 30.4. The number of rotatable bonds is 32. The first-order valence-corrected chi connectivity index (χ1v) is 19.0. The average molecular weight is 647 g/mol. The lowest BCUT2D eigenvalue weighted by atomic mass is 10.0. The van der Waals surface area contributed by atoms with E-state index in [1.165, 1.54) is 83.5 Å². The molecule has 6 nitrogen and oxygen atoms in total. The summed E-state index contributed by atoms with van der Waals surface area (Å²) in [6.45, 7) is 6.54. The third-order valence-corrected chi connectivity index (χ3v) is 8.48. The minimum Gasteiger partial charge on any atom is -0.463 e. The summed E-state index contributed by atoms with van der Waals surface area (Å²) in [4.78, 5) is 24.0. The van der Waals surface area contributed by atoms with Crippen molar-refractivity contribution in [2.75, 3.05) is 13.2 Å². The fourth-order valence-electron chi connectivity index (χ4n) is 5.47. The van der Waals surface area contributed by atoms with Crippen molar-refractivity contribution in [2.45, 2.75) is 187 Å². The first-order valence-electron chi connectivity index (χ1n) is 19.0. The summed E-state index contributed by atoms with van der Waals surface area (Å²) < 4.78 is 16.0. The summed E-state index contributed by atoms with van der Waals surface area (Å²) in [7, 11) is 0. The quantitative estimate of drug-likeness (QED) is 0.0339. The lowest BCUT2D eigenvalue weighted by molar-refractivity contribution is -0.152. The van der Waals surface area contributed by atoms with Crippen LogP contribution in [0.15, 0.2) is 36.5 Å². The SMILES string of the molecule is CCCCC/C=C\C/C=C\C/C=C\CC1OC1CCCC(=O)OC[C@@H](O)COC(=O)CCCCCCCCCCCCCC(C)C. The molecule has 6 heteroatoms. The Bertz CT molecular complexity index is 817. The van der Waals surface area contributed by atoms with Gasteiger partial charge in [-0.25, -0.2) is 0 Å². The summed E-state index contributed by atoms with van der Waals surface area (Å²) in [5.41, 5.74) is 0. The largest absolute Gasteiger partial charge is 0.463 e. The minimum absolute atomic E-state index is 0.138. The number of aliphatic hydroxyl groups is 1. The third-order valence-electron chi connectivity index (χ3n) is 8.48. The molecule has 1 heterocycles. The predicted molar refractivity (Wildman–Crippen MR) is 191 cm³/mol. The molecule has 2 unspecified atom stereocenters. The van der Waals surface area contributed by atoms with E-state index in [1.807, 2.05) is 0 Å². The van der Waals surface area contributed by atoms with Crippen molar-refractivity contribution in [2.24, 2.45) is 5.92 Å². The summed E-state index contributed by atoms with van der Waals surface area (Å²) in [5, 5.41) is 10.0. The van der Waals surface area contributed by atoms with Gasteiger partial charge in [-0.1, -0.05) is 141 Å². The third kappa shape index (κ3) is 28.3. The highest BCUT2D eigenvalue weighted by atomic mass is 16.6. The van der Waals surface area contributed by atoms with E-state index in [2.05, 4.69) is 57.2 Å². The normalized spacial score (nSPS) is 17.1. The second-order valence-electron chi connectivity index (χ2n) is 13.6. The van der Waals surface area contributed by atoms with E-state index >= 15 is 0 Å². The molecule has 0 spiro atoms. The average Bonchev–Trinajstić information content (AvgIpc) is 3.79. The Kier molecular flexibility index (Phi) is 27.8. The smallest absolute Gasteiger partial charge is 0.305 e. The maximum absolute atomic E-state index is 12.0. The Morgan fingerprint density at radius 1 is 0.652 bits per heavy atom. The van der Waals surface area contributed by atoms with Crippen molar-refractivity contribution in [1.82, 2.24) is 0 Å². The Balaban J connectivity index is 1.88. The second-order valence-corrected chi connectivity index (χ2v) is 13.6. The first-order chi connectivity index (χ1) is 22.4. The number of aliphatic hydroxyl groups excluding tert-OH is 1. The van der Waals surface area contributed by atoms with Gasteiger partial charge in [-0.05, 0) is 57.3 Å². The van der Waals surface area contributed by atoms with E-state index in [9.17, 15) is 14.7 Å². The molecule has 1 aliphatic rings. The van der Waals surface area contributed by atoms with Crippen LogP contribution in [0.5, 0.6) is 0 Å². The molecule has 0 saturated carbocycles. The van der Waals surface area contributed by atoms with Gasteiger partial charge in [-0.3, -0.25) is 9.59 Å². The van der Waals surface area contributed by atoms with Gasteiger partial charge in [-0.15, -0.1) is 0 Å².